The van der Waals surface area contributed by atoms with Crippen molar-refractivity contribution < 1.29 is 14.7 Å². The zero-order valence-corrected chi connectivity index (χ0v) is 11.1. The monoisotopic (exact) mass is 242 g/mol. The minimum Gasteiger partial charge on any atom is -0.480 e. The Kier molecular flexibility index (Phi) is 4.01. The summed E-state index contributed by atoms with van der Waals surface area (Å²) in [5, 5.41) is 9.07. The molecule has 1 rings (SSSR count). The quantitative estimate of drug-likeness (QED) is 0.815. The highest BCUT2D eigenvalue weighted by atomic mass is 16.4. The first kappa shape index (κ1) is 13.8. The van der Waals surface area contributed by atoms with Crippen molar-refractivity contribution in [1.29, 1.82) is 0 Å². The topological polar surface area (TPSA) is 60.9 Å². The Balaban J connectivity index is 2.58. The number of carbonyl (C=O) groups is 2. The van der Waals surface area contributed by atoms with Gasteiger partial charge in [-0.3, -0.25) is 0 Å². The molecular formula is C12H22N2O3. The molecule has 0 aromatic rings. The molecule has 1 saturated carbocycles. The van der Waals surface area contributed by atoms with Crippen molar-refractivity contribution in [3.05, 3.63) is 0 Å². The number of rotatable bonds is 4. The summed E-state index contributed by atoms with van der Waals surface area (Å²) in [5.41, 5.74) is -1.18. The van der Waals surface area contributed by atoms with Crippen LogP contribution in [0.15, 0.2) is 0 Å². The van der Waals surface area contributed by atoms with E-state index in [1.165, 1.54) is 45.1 Å². The molecule has 0 atom stereocenters. The van der Waals surface area contributed by atoms with E-state index in [0.717, 1.165) is 6.54 Å². The standard InChI is InChI=1S/C12H22N2O3/c1-12(2,10(15)16)14(4)11(17)13(3)8-9-6-5-7-9/h9H,5-8H2,1-4H3,(H,15,16). The van der Waals surface area contributed by atoms with E-state index >= 15 is 0 Å². The second kappa shape index (κ2) is 4.94. The van der Waals surface area contributed by atoms with Crippen molar-refractivity contribution in [1.82, 2.24) is 9.80 Å². The fourth-order valence-corrected chi connectivity index (χ4v) is 1.78. The van der Waals surface area contributed by atoms with Crippen LogP contribution in [0.1, 0.15) is 33.1 Å². The van der Waals surface area contributed by atoms with Gasteiger partial charge in [0.05, 0.1) is 0 Å². The molecular weight excluding hydrogens is 220 g/mol. The van der Waals surface area contributed by atoms with E-state index in [9.17, 15) is 9.59 Å². The van der Waals surface area contributed by atoms with Gasteiger partial charge in [-0.2, -0.15) is 0 Å². The van der Waals surface area contributed by atoms with E-state index in [-0.39, 0.29) is 6.03 Å². The lowest BCUT2D eigenvalue weighted by Gasteiger charge is -2.37. The molecule has 5 heteroatoms. The second-order valence-electron chi connectivity index (χ2n) is 5.38. The van der Waals surface area contributed by atoms with Crippen molar-refractivity contribution in [2.75, 3.05) is 20.6 Å². The second-order valence-corrected chi connectivity index (χ2v) is 5.38. The van der Waals surface area contributed by atoms with Crippen LogP contribution in [0.3, 0.4) is 0 Å². The largest absolute Gasteiger partial charge is 0.480 e. The highest BCUT2D eigenvalue weighted by Crippen LogP contribution is 2.27. The van der Waals surface area contributed by atoms with Crippen molar-refractivity contribution in [3.8, 4) is 0 Å². The lowest BCUT2D eigenvalue weighted by Crippen LogP contribution is -2.55. The molecule has 2 amide bonds. The number of amides is 2. The first-order valence-electron chi connectivity index (χ1n) is 5.99. The fourth-order valence-electron chi connectivity index (χ4n) is 1.78. The number of likely N-dealkylation sites (N-methyl/N-ethyl adjacent to an activating group) is 1. The van der Waals surface area contributed by atoms with E-state index in [2.05, 4.69) is 0 Å². The van der Waals surface area contributed by atoms with Gasteiger partial charge in [-0.25, -0.2) is 9.59 Å². The van der Waals surface area contributed by atoms with E-state index in [1.54, 1.807) is 11.9 Å². The molecule has 5 nitrogen and oxygen atoms in total. The molecule has 0 saturated heterocycles. The van der Waals surface area contributed by atoms with E-state index in [0.29, 0.717) is 5.92 Å². The minimum atomic E-state index is -1.18. The number of carbonyl (C=O) groups excluding carboxylic acids is 1. The van der Waals surface area contributed by atoms with Crippen molar-refractivity contribution in [2.24, 2.45) is 5.92 Å². The first-order chi connectivity index (χ1) is 7.76. The van der Waals surface area contributed by atoms with Crippen LogP contribution in [0.2, 0.25) is 0 Å². The molecule has 0 unspecified atom stereocenters. The zero-order valence-electron chi connectivity index (χ0n) is 11.1. The van der Waals surface area contributed by atoms with E-state index < -0.39 is 11.5 Å². The maximum Gasteiger partial charge on any atom is 0.329 e. The molecule has 98 valence electrons. The van der Waals surface area contributed by atoms with Gasteiger partial charge in [0, 0.05) is 20.6 Å². The molecule has 1 aliphatic carbocycles. The van der Waals surface area contributed by atoms with Crippen molar-refractivity contribution >= 4 is 12.0 Å². The van der Waals surface area contributed by atoms with Crippen LogP contribution in [0.4, 0.5) is 4.79 Å². The molecule has 0 aromatic carbocycles. The van der Waals surface area contributed by atoms with Crippen molar-refractivity contribution in [2.45, 2.75) is 38.6 Å². The van der Waals surface area contributed by atoms with Crippen LogP contribution in [0, 0.1) is 5.92 Å². The average molecular weight is 242 g/mol. The summed E-state index contributed by atoms with van der Waals surface area (Å²) in [6.45, 7) is 3.79. The lowest BCUT2D eigenvalue weighted by molar-refractivity contribution is -0.147. The number of hydrogen-bond donors (Lipinski definition) is 1. The molecule has 1 fully saturated rings. The first-order valence-corrected chi connectivity index (χ1v) is 5.99. The third-order valence-corrected chi connectivity index (χ3v) is 3.73. The Hall–Kier alpha value is -1.26. The molecule has 0 bridgehead atoms. The Morgan fingerprint density at radius 1 is 1.29 bits per heavy atom. The van der Waals surface area contributed by atoms with Crippen molar-refractivity contribution in [3.63, 3.8) is 0 Å². The maximum absolute atomic E-state index is 12.1. The molecule has 17 heavy (non-hydrogen) atoms. The lowest BCUT2D eigenvalue weighted by atomic mass is 9.85. The summed E-state index contributed by atoms with van der Waals surface area (Å²) in [6, 6.07) is -0.232. The molecule has 0 heterocycles. The Bertz CT molecular complexity index is 311. The predicted molar refractivity (Wildman–Crippen MR) is 64.8 cm³/mol. The normalized spacial score (nSPS) is 16.2. The number of nitrogens with zero attached hydrogens (tertiary/aromatic N) is 2. The van der Waals surface area contributed by atoms with Gasteiger partial charge in [0.2, 0.25) is 0 Å². The van der Waals surface area contributed by atoms with Crippen LogP contribution in [-0.2, 0) is 4.79 Å². The summed E-state index contributed by atoms with van der Waals surface area (Å²) in [4.78, 5) is 26.0. The van der Waals surface area contributed by atoms with Crippen LogP contribution >= 0.6 is 0 Å². The Morgan fingerprint density at radius 3 is 2.18 bits per heavy atom. The number of aliphatic carboxylic acids is 1. The summed E-state index contributed by atoms with van der Waals surface area (Å²) < 4.78 is 0. The molecule has 0 aliphatic heterocycles. The van der Waals surface area contributed by atoms with Crippen LogP contribution in [-0.4, -0.2) is 53.1 Å². The number of urea groups is 1. The summed E-state index contributed by atoms with van der Waals surface area (Å²) in [6.07, 6.45) is 3.58. The number of carboxylic acid groups (broad SMARTS) is 1. The molecule has 0 radical (unpaired) electrons. The summed E-state index contributed by atoms with van der Waals surface area (Å²) >= 11 is 0. The van der Waals surface area contributed by atoms with Gasteiger partial charge in [-0.1, -0.05) is 6.42 Å². The van der Waals surface area contributed by atoms with Gasteiger partial charge in [-0.05, 0) is 32.6 Å². The third kappa shape index (κ3) is 2.90. The smallest absolute Gasteiger partial charge is 0.329 e. The highest BCUT2D eigenvalue weighted by molar-refractivity contribution is 5.85. The van der Waals surface area contributed by atoms with Gasteiger partial charge in [-0.15, -0.1) is 0 Å². The zero-order chi connectivity index (χ0) is 13.2. The minimum absolute atomic E-state index is 0.232. The molecule has 0 aromatic heterocycles. The SMILES string of the molecule is CN(CC1CCC1)C(=O)N(C)C(C)(C)C(=O)O. The van der Waals surface area contributed by atoms with Crippen LogP contribution in [0.25, 0.3) is 0 Å². The Labute approximate surface area is 102 Å². The molecule has 1 N–H and O–H groups in total. The molecule has 1 aliphatic rings. The van der Waals surface area contributed by atoms with Gasteiger partial charge >= 0.3 is 12.0 Å². The highest BCUT2D eigenvalue weighted by Gasteiger charge is 2.37. The predicted octanol–water partition coefficient (Wildman–Crippen LogP) is 1.63. The summed E-state index contributed by atoms with van der Waals surface area (Å²) in [5.74, 6) is -0.407. The summed E-state index contributed by atoms with van der Waals surface area (Å²) in [7, 11) is 3.27. The number of hydrogen-bond acceptors (Lipinski definition) is 2. The van der Waals surface area contributed by atoms with Crippen LogP contribution in [0.5, 0.6) is 0 Å². The van der Waals surface area contributed by atoms with Gasteiger partial charge in [0.1, 0.15) is 5.54 Å². The van der Waals surface area contributed by atoms with E-state index in [4.69, 9.17) is 5.11 Å². The van der Waals surface area contributed by atoms with Gasteiger partial charge in [0.25, 0.3) is 0 Å². The maximum atomic E-state index is 12.1. The van der Waals surface area contributed by atoms with Gasteiger partial charge < -0.3 is 14.9 Å². The van der Waals surface area contributed by atoms with E-state index in [1.807, 2.05) is 0 Å². The molecule has 0 spiro atoms. The fraction of sp³-hybridized carbons (Fsp3) is 0.833. The third-order valence-electron chi connectivity index (χ3n) is 3.73. The van der Waals surface area contributed by atoms with Gasteiger partial charge in [0.15, 0.2) is 0 Å². The number of carboxylic acids is 1. The average Bonchev–Trinajstić information content (AvgIpc) is 2.20. The Morgan fingerprint density at radius 2 is 1.82 bits per heavy atom. The van der Waals surface area contributed by atoms with Crippen LogP contribution < -0.4 is 0 Å².